The van der Waals surface area contributed by atoms with Crippen LogP contribution in [0.2, 0.25) is 0 Å². The van der Waals surface area contributed by atoms with Crippen LogP contribution in [0.1, 0.15) is 36.6 Å². The summed E-state index contributed by atoms with van der Waals surface area (Å²) in [5, 5.41) is 0.701. The highest BCUT2D eigenvalue weighted by molar-refractivity contribution is 5.91. The standard InChI is InChI=1S/C36H28O10/c1-22-19-30(37)43-28-20-26(17-18-27(22)28)42-36-32(46-35(40)25-15-9-4-10-16-25)31(45-34(39)24-13-7-3-8-14-24)29(44-36)21-41-33(38)23-11-5-2-6-12-23/h2-20,29,31-32,36H,21H2,1H3/t29-,31-,32-,36+/m1/s1. The Kier molecular flexibility index (Phi) is 8.89. The first-order valence-electron chi connectivity index (χ1n) is 14.5. The van der Waals surface area contributed by atoms with Crippen LogP contribution in [-0.2, 0) is 18.9 Å². The number of fused-ring (bicyclic) bond motifs is 1. The Morgan fingerprint density at radius 1 is 0.674 bits per heavy atom. The number of carbonyl (C=O) groups is 3. The van der Waals surface area contributed by atoms with Crippen LogP contribution >= 0.6 is 0 Å². The molecule has 0 spiro atoms. The monoisotopic (exact) mass is 620 g/mol. The van der Waals surface area contributed by atoms with Gasteiger partial charge in [0.25, 0.3) is 0 Å². The van der Waals surface area contributed by atoms with Crippen molar-refractivity contribution >= 4 is 28.9 Å². The van der Waals surface area contributed by atoms with Gasteiger partial charge in [-0.05, 0) is 61.0 Å². The van der Waals surface area contributed by atoms with Crippen molar-refractivity contribution in [3.63, 3.8) is 0 Å². The van der Waals surface area contributed by atoms with Gasteiger partial charge in [-0.3, -0.25) is 0 Å². The number of hydrogen-bond acceptors (Lipinski definition) is 10. The second kappa shape index (κ2) is 13.5. The lowest BCUT2D eigenvalue weighted by atomic mass is 10.1. The number of esters is 3. The lowest BCUT2D eigenvalue weighted by Gasteiger charge is -2.24. The molecule has 6 rings (SSSR count). The maximum absolute atomic E-state index is 13.3. The Morgan fingerprint density at radius 2 is 1.22 bits per heavy atom. The molecule has 2 heterocycles. The number of rotatable bonds is 9. The van der Waals surface area contributed by atoms with Gasteiger partial charge < -0.3 is 28.1 Å². The van der Waals surface area contributed by atoms with Crippen LogP contribution in [0.25, 0.3) is 11.0 Å². The fourth-order valence-corrected chi connectivity index (χ4v) is 5.05. The molecule has 1 aromatic heterocycles. The molecule has 0 amide bonds. The molecule has 0 unspecified atom stereocenters. The largest absolute Gasteiger partial charge is 0.461 e. The number of benzene rings is 4. The maximum Gasteiger partial charge on any atom is 0.338 e. The average Bonchev–Trinajstić information content (AvgIpc) is 3.38. The minimum atomic E-state index is -1.32. The van der Waals surface area contributed by atoms with Gasteiger partial charge in [0.15, 0.2) is 6.10 Å². The van der Waals surface area contributed by atoms with Crippen LogP contribution in [-0.4, -0.2) is 49.1 Å². The minimum Gasteiger partial charge on any atom is -0.461 e. The summed E-state index contributed by atoms with van der Waals surface area (Å²) in [7, 11) is 0. The third kappa shape index (κ3) is 6.82. The van der Waals surface area contributed by atoms with Gasteiger partial charge in [-0.1, -0.05) is 54.6 Å². The predicted molar refractivity (Wildman–Crippen MR) is 165 cm³/mol. The Hall–Kier alpha value is -5.74. The highest BCUT2D eigenvalue weighted by Crippen LogP contribution is 2.32. The molecule has 0 radical (unpaired) electrons. The molecular weight excluding hydrogens is 592 g/mol. The summed E-state index contributed by atoms with van der Waals surface area (Å²) in [6, 6.07) is 31.1. The smallest absolute Gasteiger partial charge is 0.338 e. The Morgan fingerprint density at radius 3 is 1.80 bits per heavy atom. The van der Waals surface area contributed by atoms with Crippen LogP contribution in [0.15, 0.2) is 124 Å². The first-order valence-corrected chi connectivity index (χ1v) is 14.5. The van der Waals surface area contributed by atoms with Crippen LogP contribution < -0.4 is 10.4 Å². The van der Waals surface area contributed by atoms with Gasteiger partial charge in [0.2, 0.25) is 12.4 Å². The number of carbonyl (C=O) groups excluding carboxylic acids is 3. The molecule has 10 nitrogen and oxygen atoms in total. The molecule has 46 heavy (non-hydrogen) atoms. The molecule has 0 N–H and O–H groups in total. The van der Waals surface area contributed by atoms with Crippen molar-refractivity contribution in [1.29, 1.82) is 0 Å². The molecule has 232 valence electrons. The molecular formula is C36H28O10. The highest BCUT2D eigenvalue weighted by atomic mass is 16.7. The van der Waals surface area contributed by atoms with Crippen LogP contribution in [0.5, 0.6) is 5.75 Å². The normalized spacial score (nSPS) is 18.9. The van der Waals surface area contributed by atoms with E-state index in [2.05, 4.69) is 0 Å². The molecule has 0 aliphatic carbocycles. The Balaban J connectivity index is 1.33. The highest BCUT2D eigenvalue weighted by Gasteiger charge is 2.52. The zero-order chi connectivity index (χ0) is 32.0. The zero-order valence-electron chi connectivity index (χ0n) is 24.6. The molecule has 0 saturated carbocycles. The van der Waals surface area contributed by atoms with Crippen molar-refractivity contribution in [1.82, 2.24) is 0 Å². The molecule has 1 saturated heterocycles. The summed E-state index contributed by atoms with van der Waals surface area (Å²) in [5.74, 6) is -1.83. The Labute approximate surface area is 263 Å². The van der Waals surface area contributed by atoms with E-state index in [0.717, 1.165) is 5.56 Å². The molecule has 5 aromatic rings. The molecule has 1 aliphatic rings. The quantitative estimate of drug-likeness (QED) is 0.118. The summed E-state index contributed by atoms with van der Waals surface area (Å²) in [5.41, 5.74) is 1.28. The zero-order valence-corrected chi connectivity index (χ0v) is 24.6. The van der Waals surface area contributed by atoms with Crippen molar-refractivity contribution in [3.8, 4) is 5.75 Å². The summed E-state index contributed by atoms with van der Waals surface area (Å²) >= 11 is 0. The van der Waals surface area contributed by atoms with E-state index in [4.69, 9.17) is 28.1 Å². The fraction of sp³-hybridized carbons (Fsp3) is 0.167. The first-order chi connectivity index (χ1) is 22.4. The lowest BCUT2D eigenvalue weighted by molar-refractivity contribution is -0.120. The summed E-state index contributed by atoms with van der Waals surface area (Å²) in [6.45, 7) is 1.43. The van der Waals surface area contributed by atoms with E-state index in [1.54, 1.807) is 110 Å². The number of aryl methyl sites for hydroxylation is 1. The van der Waals surface area contributed by atoms with E-state index in [9.17, 15) is 19.2 Å². The summed E-state index contributed by atoms with van der Waals surface area (Å²) < 4.78 is 35.0. The minimum absolute atomic E-state index is 0.224. The second-order valence-electron chi connectivity index (χ2n) is 10.5. The van der Waals surface area contributed by atoms with E-state index in [-0.39, 0.29) is 29.1 Å². The first kappa shape index (κ1) is 30.3. The molecule has 10 heteroatoms. The van der Waals surface area contributed by atoms with Gasteiger partial charge in [-0.25, -0.2) is 19.2 Å². The van der Waals surface area contributed by atoms with Gasteiger partial charge >= 0.3 is 23.5 Å². The lowest BCUT2D eigenvalue weighted by Crippen LogP contribution is -2.43. The third-order valence-electron chi connectivity index (χ3n) is 7.34. The van der Waals surface area contributed by atoms with Crippen LogP contribution in [0, 0.1) is 6.92 Å². The second-order valence-corrected chi connectivity index (χ2v) is 10.5. The van der Waals surface area contributed by atoms with E-state index in [0.29, 0.717) is 10.9 Å². The topological polar surface area (TPSA) is 128 Å². The van der Waals surface area contributed by atoms with Gasteiger partial charge in [0.1, 0.15) is 24.0 Å². The molecule has 4 aromatic carbocycles. The van der Waals surface area contributed by atoms with E-state index in [1.807, 2.05) is 0 Å². The number of hydrogen-bond donors (Lipinski definition) is 0. The average molecular weight is 621 g/mol. The summed E-state index contributed by atoms with van der Waals surface area (Å²) in [4.78, 5) is 51.4. The van der Waals surface area contributed by atoms with Crippen molar-refractivity contribution in [2.75, 3.05) is 6.61 Å². The van der Waals surface area contributed by atoms with Gasteiger partial charge in [0.05, 0.1) is 16.7 Å². The maximum atomic E-state index is 13.3. The summed E-state index contributed by atoms with van der Waals surface area (Å²) in [6.07, 6.45) is -4.98. The molecule has 1 fully saturated rings. The molecule has 4 atom stereocenters. The van der Waals surface area contributed by atoms with Crippen molar-refractivity contribution in [3.05, 3.63) is 148 Å². The van der Waals surface area contributed by atoms with Crippen LogP contribution in [0.3, 0.4) is 0 Å². The SMILES string of the molecule is Cc1cc(=O)oc2cc(O[C@H]3O[C@H](COC(=O)c4ccccc4)[C@@H](OC(=O)c4ccccc4)[C@H]3OC(=O)c3ccccc3)ccc12. The van der Waals surface area contributed by atoms with Crippen molar-refractivity contribution < 1.29 is 42.5 Å². The predicted octanol–water partition coefficient (Wildman–Crippen LogP) is 5.51. The fourth-order valence-electron chi connectivity index (χ4n) is 5.05. The van der Waals surface area contributed by atoms with Gasteiger partial charge in [-0.2, -0.15) is 0 Å². The van der Waals surface area contributed by atoms with Crippen LogP contribution in [0.4, 0.5) is 0 Å². The molecule has 1 aliphatic heterocycles. The van der Waals surface area contributed by atoms with E-state index >= 15 is 0 Å². The third-order valence-corrected chi connectivity index (χ3v) is 7.34. The van der Waals surface area contributed by atoms with Crippen molar-refractivity contribution in [2.45, 2.75) is 31.5 Å². The van der Waals surface area contributed by atoms with E-state index in [1.165, 1.54) is 12.1 Å². The van der Waals surface area contributed by atoms with Gasteiger partial charge in [0, 0.05) is 17.5 Å². The van der Waals surface area contributed by atoms with Gasteiger partial charge in [-0.15, -0.1) is 0 Å². The molecule has 0 bridgehead atoms. The Bertz CT molecular complexity index is 1900. The van der Waals surface area contributed by atoms with Crippen molar-refractivity contribution in [2.24, 2.45) is 0 Å². The number of ether oxygens (including phenoxy) is 5. The van der Waals surface area contributed by atoms with E-state index < -0.39 is 48.1 Å².